The van der Waals surface area contributed by atoms with Crippen LogP contribution in [0.15, 0.2) is 18.3 Å². The highest BCUT2D eigenvalue weighted by molar-refractivity contribution is 5.88. The highest BCUT2D eigenvalue weighted by Gasteiger charge is 2.06. The van der Waals surface area contributed by atoms with Gasteiger partial charge in [0.2, 0.25) is 0 Å². The predicted molar refractivity (Wildman–Crippen MR) is 69.9 cm³/mol. The predicted octanol–water partition coefficient (Wildman–Crippen LogP) is 1.76. The van der Waals surface area contributed by atoms with Gasteiger partial charge in [-0.15, -0.1) is 6.42 Å². The first-order valence-electron chi connectivity index (χ1n) is 5.94. The van der Waals surface area contributed by atoms with E-state index in [1.54, 1.807) is 12.1 Å². The minimum absolute atomic E-state index is 0.0667. The number of pyridine rings is 1. The average Bonchev–Trinajstić information content (AvgIpc) is 2.43. The lowest BCUT2D eigenvalue weighted by molar-refractivity contribution is 0.0600. The maximum absolute atomic E-state index is 11.2. The Kier molecular flexibility index (Phi) is 5.89. The Labute approximate surface area is 108 Å². The molecule has 1 aromatic rings. The lowest BCUT2D eigenvalue weighted by Gasteiger charge is -2.11. The molecular weight excluding hydrogens is 228 g/mol. The zero-order chi connectivity index (χ0) is 13.4. The van der Waals surface area contributed by atoms with Crippen LogP contribution in [0.2, 0.25) is 0 Å². The van der Waals surface area contributed by atoms with Gasteiger partial charge < -0.3 is 4.74 Å². The van der Waals surface area contributed by atoms with Crippen molar-refractivity contribution < 1.29 is 9.53 Å². The number of nitrogens with one attached hydrogen (secondary N) is 1. The van der Waals surface area contributed by atoms with Crippen LogP contribution < -0.4 is 5.32 Å². The van der Waals surface area contributed by atoms with E-state index in [9.17, 15) is 4.79 Å². The number of esters is 1. The smallest absolute Gasteiger partial charge is 0.339 e. The molecule has 96 valence electrons. The van der Waals surface area contributed by atoms with Crippen LogP contribution in [-0.2, 0) is 11.3 Å². The summed E-state index contributed by atoms with van der Waals surface area (Å²) in [6.45, 7) is 2.69. The number of nitrogens with zero attached hydrogens (tertiary/aromatic N) is 1. The fraction of sp³-hybridized carbons (Fsp3) is 0.429. The molecule has 0 aromatic carbocycles. The molecule has 0 saturated carbocycles. The van der Waals surface area contributed by atoms with Gasteiger partial charge in [0, 0.05) is 12.7 Å². The molecule has 0 bridgehead atoms. The average molecular weight is 246 g/mol. The number of hydrogen-bond acceptors (Lipinski definition) is 4. The summed E-state index contributed by atoms with van der Waals surface area (Å²) >= 11 is 0. The van der Waals surface area contributed by atoms with Crippen molar-refractivity contribution in [1.82, 2.24) is 10.3 Å². The molecule has 18 heavy (non-hydrogen) atoms. The second kappa shape index (κ2) is 7.46. The van der Waals surface area contributed by atoms with Gasteiger partial charge in [0.25, 0.3) is 0 Å². The minimum Gasteiger partial charge on any atom is -0.465 e. The summed E-state index contributed by atoms with van der Waals surface area (Å²) < 4.78 is 4.60. The van der Waals surface area contributed by atoms with E-state index >= 15 is 0 Å². The van der Waals surface area contributed by atoms with Crippen LogP contribution >= 0.6 is 0 Å². The van der Waals surface area contributed by atoms with Crippen LogP contribution in [0.25, 0.3) is 0 Å². The summed E-state index contributed by atoms with van der Waals surface area (Å²) in [5.41, 5.74) is 1.29. The molecule has 0 fully saturated rings. The summed E-state index contributed by atoms with van der Waals surface area (Å²) in [6.07, 6.45) is 8.90. The fourth-order valence-electron chi connectivity index (χ4n) is 1.53. The maximum Gasteiger partial charge on any atom is 0.339 e. The van der Waals surface area contributed by atoms with Crippen LogP contribution in [0.4, 0.5) is 0 Å². The summed E-state index contributed by atoms with van der Waals surface area (Å²) in [5.74, 6) is 2.32. The van der Waals surface area contributed by atoms with Crippen molar-refractivity contribution in [1.29, 1.82) is 0 Å². The third-order valence-electron chi connectivity index (χ3n) is 2.55. The van der Waals surface area contributed by atoms with E-state index in [2.05, 4.69) is 27.9 Å². The monoisotopic (exact) mass is 246 g/mol. The highest BCUT2D eigenvalue weighted by Crippen LogP contribution is 2.03. The molecule has 1 rings (SSSR count). The van der Waals surface area contributed by atoms with Crippen molar-refractivity contribution in [2.45, 2.75) is 32.4 Å². The molecule has 0 spiro atoms. The van der Waals surface area contributed by atoms with E-state index in [0.717, 1.165) is 18.5 Å². The van der Waals surface area contributed by atoms with Crippen LogP contribution in [0, 0.1) is 12.3 Å². The number of carbonyl (C=O) groups excluding carboxylic acids is 1. The number of hydrogen-bond donors (Lipinski definition) is 1. The topological polar surface area (TPSA) is 51.2 Å². The van der Waals surface area contributed by atoms with E-state index in [1.807, 2.05) is 0 Å². The first-order valence-corrected chi connectivity index (χ1v) is 5.94. The molecule has 1 atom stereocenters. The van der Waals surface area contributed by atoms with E-state index in [-0.39, 0.29) is 12.0 Å². The Balaban J connectivity index is 2.54. The molecule has 4 nitrogen and oxygen atoms in total. The summed E-state index contributed by atoms with van der Waals surface area (Å²) in [6, 6.07) is 3.55. The van der Waals surface area contributed by atoms with E-state index in [1.165, 1.54) is 13.3 Å². The van der Waals surface area contributed by atoms with Gasteiger partial charge in [-0.1, -0.05) is 19.3 Å². The SMILES string of the molecule is C#CC(CCC)NCc1ccc(C(=O)OC)cn1. The van der Waals surface area contributed by atoms with Gasteiger partial charge in [0.1, 0.15) is 0 Å². The molecule has 0 amide bonds. The largest absolute Gasteiger partial charge is 0.465 e. The Morgan fingerprint density at radius 3 is 2.89 bits per heavy atom. The van der Waals surface area contributed by atoms with Gasteiger partial charge in [-0.3, -0.25) is 10.3 Å². The van der Waals surface area contributed by atoms with Crippen molar-refractivity contribution in [3.05, 3.63) is 29.6 Å². The molecule has 0 radical (unpaired) electrons. The summed E-state index contributed by atoms with van der Waals surface area (Å²) in [7, 11) is 1.35. The third kappa shape index (κ3) is 4.19. The van der Waals surface area contributed by atoms with E-state index in [4.69, 9.17) is 6.42 Å². The first-order chi connectivity index (χ1) is 8.71. The first kappa shape index (κ1) is 14.2. The number of ether oxygens (including phenoxy) is 1. The van der Waals surface area contributed by atoms with E-state index < -0.39 is 0 Å². The number of aromatic nitrogens is 1. The molecule has 4 heteroatoms. The van der Waals surface area contributed by atoms with Gasteiger partial charge in [0.15, 0.2) is 0 Å². The van der Waals surface area contributed by atoms with Gasteiger partial charge >= 0.3 is 5.97 Å². The quantitative estimate of drug-likeness (QED) is 0.614. The van der Waals surface area contributed by atoms with Gasteiger partial charge in [-0.2, -0.15) is 0 Å². The van der Waals surface area contributed by atoms with Crippen LogP contribution in [-0.4, -0.2) is 24.1 Å². The molecule has 1 unspecified atom stereocenters. The van der Waals surface area contributed by atoms with Crippen molar-refractivity contribution in [2.75, 3.05) is 7.11 Å². The maximum atomic E-state index is 11.2. The number of methoxy groups -OCH3 is 1. The number of terminal acetylenes is 1. The van der Waals surface area contributed by atoms with Gasteiger partial charge in [-0.05, 0) is 18.6 Å². The van der Waals surface area contributed by atoms with Crippen molar-refractivity contribution >= 4 is 5.97 Å². The normalized spacial score (nSPS) is 11.6. The lowest BCUT2D eigenvalue weighted by atomic mass is 10.1. The molecule has 1 N–H and O–H groups in total. The Morgan fingerprint density at radius 1 is 1.61 bits per heavy atom. The van der Waals surface area contributed by atoms with Gasteiger partial charge in [0.05, 0.1) is 24.4 Å². The highest BCUT2D eigenvalue weighted by atomic mass is 16.5. The van der Waals surface area contributed by atoms with Crippen molar-refractivity contribution in [3.8, 4) is 12.3 Å². The second-order valence-corrected chi connectivity index (χ2v) is 3.92. The second-order valence-electron chi connectivity index (χ2n) is 3.92. The molecule has 0 aliphatic rings. The molecule has 0 aliphatic carbocycles. The number of carbonyl (C=O) groups is 1. The van der Waals surface area contributed by atoms with Crippen molar-refractivity contribution in [3.63, 3.8) is 0 Å². The number of rotatable bonds is 6. The van der Waals surface area contributed by atoms with Crippen molar-refractivity contribution in [2.24, 2.45) is 0 Å². The zero-order valence-electron chi connectivity index (χ0n) is 10.8. The molecule has 0 aliphatic heterocycles. The standard InChI is InChI=1S/C14H18N2O2/c1-4-6-12(5-2)16-10-13-8-7-11(9-15-13)14(17)18-3/h2,7-9,12,16H,4,6,10H2,1,3H3. The molecular formula is C14H18N2O2. The molecule has 0 saturated heterocycles. The summed E-state index contributed by atoms with van der Waals surface area (Å²) in [5, 5.41) is 3.23. The molecule has 1 heterocycles. The van der Waals surface area contributed by atoms with Crippen LogP contribution in [0.3, 0.4) is 0 Å². The Morgan fingerprint density at radius 2 is 2.39 bits per heavy atom. The van der Waals surface area contributed by atoms with Crippen LogP contribution in [0.1, 0.15) is 35.8 Å². The van der Waals surface area contributed by atoms with E-state index in [0.29, 0.717) is 12.1 Å². The minimum atomic E-state index is -0.380. The Bertz CT molecular complexity index is 420. The summed E-state index contributed by atoms with van der Waals surface area (Å²) in [4.78, 5) is 15.4. The Hall–Kier alpha value is -1.86. The third-order valence-corrected chi connectivity index (χ3v) is 2.55. The zero-order valence-corrected chi connectivity index (χ0v) is 10.8. The lowest BCUT2D eigenvalue weighted by Crippen LogP contribution is -2.27. The van der Waals surface area contributed by atoms with Gasteiger partial charge in [-0.25, -0.2) is 4.79 Å². The van der Waals surface area contributed by atoms with Crippen LogP contribution in [0.5, 0.6) is 0 Å². The fourth-order valence-corrected chi connectivity index (χ4v) is 1.53. The molecule has 1 aromatic heterocycles.